The molecule has 3 fully saturated rings. The number of amides is 2. The predicted octanol–water partition coefficient (Wildman–Crippen LogP) is 2.22. The molecule has 2 atom stereocenters. The highest BCUT2D eigenvalue weighted by Gasteiger charge is 2.39. The lowest BCUT2D eigenvalue weighted by atomic mass is 10.1. The van der Waals surface area contributed by atoms with E-state index in [4.69, 9.17) is 4.74 Å². The Morgan fingerprint density at radius 1 is 1.00 bits per heavy atom. The molecule has 0 spiro atoms. The molecule has 29 heavy (non-hydrogen) atoms. The van der Waals surface area contributed by atoms with Crippen LogP contribution < -0.4 is 10.1 Å². The summed E-state index contributed by atoms with van der Waals surface area (Å²) < 4.78 is 5.18. The summed E-state index contributed by atoms with van der Waals surface area (Å²) in [4.78, 5) is 29.5. The predicted molar refractivity (Wildman–Crippen MR) is 112 cm³/mol. The fraction of sp³-hybridized carbons (Fsp3) is 0.652. The molecule has 3 aliphatic rings. The van der Waals surface area contributed by atoms with E-state index in [0.717, 1.165) is 56.0 Å². The first-order valence-corrected chi connectivity index (χ1v) is 11.1. The maximum absolute atomic E-state index is 12.9. The normalized spacial score (nSPS) is 25.0. The van der Waals surface area contributed by atoms with Gasteiger partial charge >= 0.3 is 0 Å². The second-order valence-electron chi connectivity index (χ2n) is 8.65. The molecular weight excluding hydrogens is 366 g/mol. The first-order chi connectivity index (χ1) is 14.1. The van der Waals surface area contributed by atoms with E-state index < -0.39 is 0 Å². The summed E-state index contributed by atoms with van der Waals surface area (Å²) in [6.07, 6.45) is 6.82. The Hall–Kier alpha value is -2.08. The fourth-order valence-corrected chi connectivity index (χ4v) is 4.65. The minimum atomic E-state index is -0.0158. The summed E-state index contributed by atoms with van der Waals surface area (Å²) in [6, 6.07) is 8.42. The lowest BCUT2D eigenvalue weighted by Gasteiger charge is -2.25. The number of nitrogens with one attached hydrogen (secondary N) is 1. The van der Waals surface area contributed by atoms with Gasteiger partial charge in [-0.05, 0) is 62.1 Å². The summed E-state index contributed by atoms with van der Waals surface area (Å²) in [5.74, 6) is 2.05. The molecule has 2 heterocycles. The number of nitrogens with zero attached hydrogens (tertiary/aromatic N) is 2. The average Bonchev–Trinajstić information content (AvgIpc) is 3.53. The molecule has 1 saturated carbocycles. The third-order valence-electron chi connectivity index (χ3n) is 6.62. The molecule has 6 heteroatoms. The lowest BCUT2D eigenvalue weighted by Crippen LogP contribution is -2.47. The summed E-state index contributed by atoms with van der Waals surface area (Å²) in [5.41, 5.74) is 1.14. The van der Waals surface area contributed by atoms with Gasteiger partial charge in [0, 0.05) is 38.6 Å². The SMILES string of the molecule is COc1ccc(CCC(=O)N2CCCN(C(=O)C3CCC(C4CC4)N3)CC2)cc1. The van der Waals surface area contributed by atoms with Gasteiger partial charge in [0.2, 0.25) is 11.8 Å². The average molecular weight is 400 g/mol. The van der Waals surface area contributed by atoms with Crippen LogP contribution in [0.4, 0.5) is 0 Å². The second-order valence-corrected chi connectivity index (χ2v) is 8.65. The number of carbonyl (C=O) groups is 2. The number of benzene rings is 1. The van der Waals surface area contributed by atoms with Crippen LogP contribution in [0.3, 0.4) is 0 Å². The zero-order chi connectivity index (χ0) is 20.2. The topological polar surface area (TPSA) is 61.9 Å². The smallest absolute Gasteiger partial charge is 0.239 e. The first-order valence-electron chi connectivity index (χ1n) is 11.1. The first kappa shape index (κ1) is 20.2. The van der Waals surface area contributed by atoms with Crippen molar-refractivity contribution >= 4 is 11.8 Å². The quantitative estimate of drug-likeness (QED) is 0.797. The van der Waals surface area contributed by atoms with Crippen molar-refractivity contribution < 1.29 is 14.3 Å². The van der Waals surface area contributed by atoms with E-state index in [1.54, 1.807) is 7.11 Å². The van der Waals surface area contributed by atoms with Crippen molar-refractivity contribution in [3.8, 4) is 5.75 Å². The Morgan fingerprint density at radius 2 is 1.72 bits per heavy atom. The number of hydrogen-bond acceptors (Lipinski definition) is 4. The van der Waals surface area contributed by atoms with Crippen molar-refractivity contribution in [2.24, 2.45) is 5.92 Å². The largest absolute Gasteiger partial charge is 0.497 e. The van der Waals surface area contributed by atoms with E-state index in [9.17, 15) is 9.59 Å². The highest BCUT2D eigenvalue weighted by molar-refractivity contribution is 5.82. The molecule has 2 aliphatic heterocycles. The van der Waals surface area contributed by atoms with Gasteiger partial charge in [-0.3, -0.25) is 9.59 Å². The van der Waals surface area contributed by atoms with Crippen molar-refractivity contribution in [1.29, 1.82) is 0 Å². The fourth-order valence-electron chi connectivity index (χ4n) is 4.65. The molecule has 0 aromatic heterocycles. The van der Waals surface area contributed by atoms with Crippen LogP contribution in [-0.4, -0.2) is 67.0 Å². The van der Waals surface area contributed by atoms with Gasteiger partial charge in [0.25, 0.3) is 0 Å². The summed E-state index contributed by atoms with van der Waals surface area (Å²) in [6.45, 7) is 2.80. The third-order valence-corrected chi connectivity index (χ3v) is 6.62. The molecular formula is C23H33N3O3. The third kappa shape index (κ3) is 5.10. The van der Waals surface area contributed by atoms with E-state index in [0.29, 0.717) is 25.6 Å². The van der Waals surface area contributed by atoms with Gasteiger partial charge in [-0.15, -0.1) is 0 Å². The molecule has 4 rings (SSSR count). The number of ether oxygens (including phenoxy) is 1. The zero-order valence-electron chi connectivity index (χ0n) is 17.4. The van der Waals surface area contributed by atoms with Crippen LogP contribution in [0.1, 0.15) is 44.1 Å². The van der Waals surface area contributed by atoms with Gasteiger partial charge in [0.1, 0.15) is 5.75 Å². The number of hydrogen-bond donors (Lipinski definition) is 1. The van der Waals surface area contributed by atoms with Crippen LogP contribution in [-0.2, 0) is 16.0 Å². The highest BCUT2D eigenvalue weighted by Crippen LogP contribution is 2.37. The van der Waals surface area contributed by atoms with Gasteiger partial charge in [-0.2, -0.15) is 0 Å². The van der Waals surface area contributed by atoms with E-state index in [-0.39, 0.29) is 17.9 Å². The van der Waals surface area contributed by atoms with Crippen LogP contribution in [0.25, 0.3) is 0 Å². The minimum absolute atomic E-state index is 0.0158. The molecule has 2 saturated heterocycles. The van der Waals surface area contributed by atoms with E-state index >= 15 is 0 Å². The van der Waals surface area contributed by atoms with Crippen LogP contribution in [0.15, 0.2) is 24.3 Å². The Kier molecular flexibility index (Phi) is 6.38. The summed E-state index contributed by atoms with van der Waals surface area (Å²) in [5, 5.41) is 3.57. The molecule has 1 aliphatic carbocycles. The van der Waals surface area contributed by atoms with Crippen LogP contribution >= 0.6 is 0 Å². The van der Waals surface area contributed by atoms with Gasteiger partial charge in [-0.25, -0.2) is 0 Å². The van der Waals surface area contributed by atoms with E-state index in [1.165, 1.54) is 12.8 Å². The van der Waals surface area contributed by atoms with Gasteiger partial charge < -0.3 is 19.9 Å². The maximum atomic E-state index is 12.9. The van der Waals surface area contributed by atoms with Crippen LogP contribution in [0.2, 0.25) is 0 Å². The Morgan fingerprint density at radius 3 is 2.45 bits per heavy atom. The van der Waals surface area contributed by atoms with Crippen LogP contribution in [0.5, 0.6) is 5.75 Å². The van der Waals surface area contributed by atoms with E-state index in [2.05, 4.69) is 5.32 Å². The highest BCUT2D eigenvalue weighted by atomic mass is 16.5. The maximum Gasteiger partial charge on any atom is 0.239 e. The molecule has 0 radical (unpaired) electrons. The van der Waals surface area contributed by atoms with Crippen molar-refractivity contribution in [3.05, 3.63) is 29.8 Å². The van der Waals surface area contributed by atoms with Gasteiger partial charge in [-0.1, -0.05) is 12.1 Å². The Bertz CT molecular complexity index is 717. The Labute approximate surface area is 173 Å². The molecule has 1 N–H and O–H groups in total. The zero-order valence-corrected chi connectivity index (χ0v) is 17.4. The summed E-state index contributed by atoms with van der Waals surface area (Å²) in [7, 11) is 1.65. The standard InChI is InChI=1S/C23H33N3O3/c1-29-19-8-3-17(4-9-19)5-12-22(27)25-13-2-14-26(16-15-25)23(28)21-11-10-20(24-21)18-6-7-18/h3-4,8-9,18,20-21,24H,2,5-7,10-16H2,1H3. The summed E-state index contributed by atoms with van der Waals surface area (Å²) >= 11 is 0. The van der Waals surface area contributed by atoms with Crippen molar-refractivity contribution in [2.75, 3.05) is 33.3 Å². The lowest BCUT2D eigenvalue weighted by molar-refractivity contribution is -0.134. The molecule has 158 valence electrons. The molecule has 1 aromatic rings. The van der Waals surface area contributed by atoms with Crippen LogP contribution in [0, 0.1) is 5.92 Å². The monoisotopic (exact) mass is 399 g/mol. The second kappa shape index (κ2) is 9.16. The molecule has 1 aromatic carbocycles. The Balaban J connectivity index is 1.23. The number of methoxy groups -OCH3 is 1. The number of aryl methyl sites for hydroxylation is 1. The molecule has 6 nitrogen and oxygen atoms in total. The van der Waals surface area contributed by atoms with Gasteiger partial charge in [0.15, 0.2) is 0 Å². The van der Waals surface area contributed by atoms with E-state index in [1.807, 2.05) is 34.1 Å². The minimum Gasteiger partial charge on any atom is -0.497 e. The van der Waals surface area contributed by atoms with Crippen molar-refractivity contribution in [1.82, 2.24) is 15.1 Å². The van der Waals surface area contributed by atoms with Crippen molar-refractivity contribution in [2.45, 2.75) is 57.0 Å². The molecule has 2 unspecified atom stereocenters. The molecule has 0 bridgehead atoms. The number of carbonyl (C=O) groups excluding carboxylic acids is 2. The number of rotatable bonds is 6. The van der Waals surface area contributed by atoms with Gasteiger partial charge in [0.05, 0.1) is 13.2 Å². The van der Waals surface area contributed by atoms with Crippen molar-refractivity contribution in [3.63, 3.8) is 0 Å². The molecule has 2 amide bonds.